The van der Waals surface area contributed by atoms with Gasteiger partial charge in [0, 0.05) is 23.6 Å². The van der Waals surface area contributed by atoms with Crippen molar-refractivity contribution in [2.75, 3.05) is 7.11 Å². The first kappa shape index (κ1) is 13.3. The third-order valence-electron chi connectivity index (χ3n) is 2.88. The van der Waals surface area contributed by atoms with Crippen molar-refractivity contribution in [1.29, 1.82) is 0 Å². The summed E-state index contributed by atoms with van der Waals surface area (Å²) in [5.41, 5.74) is 1.92. The number of nitrogens with zero attached hydrogens (tertiary/aromatic N) is 1. The van der Waals surface area contributed by atoms with Crippen molar-refractivity contribution in [2.24, 2.45) is 0 Å². The average Bonchev–Trinajstić information content (AvgIpc) is 2.35. The molecule has 0 fully saturated rings. The number of methoxy groups -OCH3 is 1. The number of hydrogen-bond donors (Lipinski definition) is 1. The second-order valence-electron chi connectivity index (χ2n) is 4.32. The van der Waals surface area contributed by atoms with E-state index in [4.69, 9.17) is 9.84 Å². The molecule has 0 aliphatic carbocycles. The predicted molar refractivity (Wildman–Crippen MR) is 68.9 cm³/mol. The standard InChI is InChI=1S/C14H14FNO3/c1-8-5-12(19-2)11-7-10(15)6-9(14(11)16-8)3-4-13(17)18/h5-7H,3-4H2,1-2H3,(H,17,18). The minimum atomic E-state index is -0.919. The lowest BCUT2D eigenvalue weighted by atomic mass is 10.0. The van der Waals surface area contributed by atoms with Crippen molar-refractivity contribution < 1.29 is 19.0 Å². The van der Waals surface area contributed by atoms with E-state index in [1.807, 2.05) is 6.92 Å². The van der Waals surface area contributed by atoms with Gasteiger partial charge in [-0.1, -0.05) is 0 Å². The number of halogens is 1. The Morgan fingerprint density at radius 3 is 2.79 bits per heavy atom. The van der Waals surface area contributed by atoms with E-state index < -0.39 is 11.8 Å². The van der Waals surface area contributed by atoms with Gasteiger partial charge in [0.15, 0.2) is 0 Å². The fourth-order valence-corrected chi connectivity index (χ4v) is 2.05. The van der Waals surface area contributed by atoms with Crippen LogP contribution in [0.2, 0.25) is 0 Å². The molecule has 0 unspecified atom stereocenters. The van der Waals surface area contributed by atoms with E-state index in [0.29, 0.717) is 22.2 Å². The monoisotopic (exact) mass is 263 g/mol. The molecule has 1 N–H and O–H groups in total. The van der Waals surface area contributed by atoms with E-state index in [1.165, 1.54) is 19.2 Å². The molecule has 0 aliphatic rings. The summed E-state index contributed by atoms with van der Waals surface area (Å²) in [4.78, 5) is 15.0. The minimum absolute atomic E-state index is 0.0590. The first-order valence-electron chi connectivity index (χ1n) is 5.87. The molecule has 2 aromatic rings. The normalized spacial score (nSPS) is 10.7. The number of ether oxygens (including phenoxy) is 1. The highest BCUT2D eigenvalue weighted by molar-refractivity contribution is 5.88. The van der Waals surface area contributed by atoms with Gasteiger partial charge in [-0.2, -0.15) is 0 Å². The molecular weight excluding hydrogens is 249 g/mol. The SMILES string of the molecule is COc1cc(C)nc2c(CCC(=O)O)cc(F)cc12. The van der Waals surface area contributed by atoms with Gasteiger partial charge in [-0.3, -0.25) is 9.78 Å². The number of rotatable bonds is 4. The van der Waals surface area contributed by atoms with Crippen LogP contribution in [-0.4, -0.2) is 23.2 Å². The minimum Gasteiger partial charge on any atom is -0.496 e. The molecule has 2 rings (SSSR count). The maximum Gasteiger partial charge on any atom is 0.303 e. The van der Waals surface area contributed by atoms with Crippen molar-refractivity contribution in [3.63, 3.8) is 0 Å². The summed E-state index contributed by atoms with van der Waals surface area (Å²) in [5.74, 6) is -0.799. The van der Waals surface area contributed by atoms with Gasteiger partial charge in [0.25, 0.3) is 0 Å². The molecule has 5 heteroatoms. The van der Waals surface area contributed by atoms with Crippen molar-refractivity contribution in [1.82, 2.24) is 4.98 Å². The molecule has 4 nitrogen and oxygen atoms in total. The zero-order valence-electron chi connectivity index (χ0n) is 10.7. The van der Waals surface area contributed by atoms with Crippen LogP contribution < -0.4 is 4.74 Å². The summed E-state index contributed by atoms with van der Waals surface area (Å²) < 4.78 is 18.8. The van der Waals surface area contributed by atoms with Gasteiger partial charge in [-0.05, 0) is 31.0 Å². The Morgan fingerprint density at radius 2 is 2.16 bits per heavy atom. The highest BCUT2D eigenvalue weighted by atomic mass is 19.1. The quantitative estimate of drug-likeness (QED) is 0.921. The van der Waals surface area contributed by atoms with Crippen molar-refractivity contribution in [2.45, 2.75) is 19.8 Å². The van der Waals surface area contributed by atoms with Crippen molar-refractivity contribution >= 4 is 16.9 Å². The molecule has 1 aromatic heterocycles. The highest BCUT2D eigenvalue weighted by Gasteiger charge is 2.12. The van der Waals surface area contributed by atoms with Gasteiger partial charge in [-0.15, -0.1) is 0 Å². The lowest BCUT2D eigenvalue weighted by molar-refractivity contribution is -0.136. The number of benzene rings is 1. The van der Waals surface area contributed by atoms with E-state index in [9.17, 15) is 9.18 Å². The first-order chi connectivity index (χ1) is 9.01. The third-order valence-corrected chi connectivity index (χ3v) is 2.88. The van der Waals surface area contributed by atoms with Crippen LogP contribution in [0.4, 0.5) is 4.39 Å². The maximum atomic E-state index is 13.6. The zero-order valence-corrected chi connectivity index (χ0v) is 10.7. The number of carboxylic acids is 1. The number of aliphatic carboxylic acids is 1. The van der Waals surface area contributed by atoms with Gasteiger partial charge in [0.05, 0.1) is 12.6 Å². The molecule has 1 heterocycles. The van der Waals surface area contributed by atoms with Gasteiger partial charge in [-0.25, -0.2) is 4.39 Å². The molecule has 0 aliphatic heterocycles. The molecule has 1 aromatic carbocycles. The number of carboxylic acid groups (broad SMARTS) is 1. The van der Waals surface area contributed by atoms with Crippen molar-refractivity contribution in [3.05, 3.63) is 35.3 Å². The summed E-state index contributed by atoms with van der Waals surface area (Å²) >= 11 is 0. The molecule has 0 saturated carbocycles. The Labute approximate surface area is 109 Å². The summed E-state index contributed by atoms with van der Waals surface area (Å²) in [6.07, 6.45) is 0.180. The molecule has 0 amide bonds. The molecule has 0 spiro atoms. The van der Waals surface area contributed by atoms with Crippen LogP contribution in [0.5, 0.6) is 5.75 Å². The van der Waals surface area contributed by atoms with Crippen LogP contribution in [0.1, 0.15) is 17.7 Å². The Balaban J connectivity index is 2.62. The zero-order chi connectivity index (χ0) is 14.0. The fraction of sp³-hybridized carbons (Fsp3) is 0.286. The number of aryl methyl sites for hydroxylation is 2. The smallest absolute Gasteiger partial charge is 0.303 e. The van der Waals surface area contributed by atoms with Crippen LogP contribution in [-0.2, 0) is 11.2 Å². The van der Waals surface area contributed by atoms with Gasteiger partial charge in [0.2, 0.25) is 0 Å². The lowest BCUT2D eigenvalue weighted by Gasteiger charge is -2.10. The summed E-state index contributed by atoms with van der Waals surface area (Å²) in [5, 5.41) is 9.30. The molecule has 0 saturated heterocycles. The van der Waals surface area contributed by atoms with E-state index in [1.54, 1.807) is 6.07 Å². The van der Waals surface area contributed by atoms with E-state index in [0.717, 1.165) is 5.69 Å². The Bertz CT molecular complexity index is 640. The van der Waals surface area contributed by atoms with E-state index in [-0.39, 0.29) is 12.8 Å². The molecule has 0 radical (unpaired) electrons. The number of pyridine rings is 1. The van der Waals surface area contributed by atoms with Crippen LogP contribution in [0.15, 0.2) is 18.2 Å². The molecule has 100 valence electrons. The Kier molecular flexibility index (Phi) is 3.64. The van der Waals surface area contributed by atoms with E-state index in [2.05, 4.69) is 4.98 Å². The second-order valence-corrected chi connectivity index (χ2v) is 4.32. The number of carbonyl (C=O) groups is 1. The highest BCUT2D eigenvalue weighted by Crippen LogP contribution is 2.29. The van der Waals surface area contributed by atoms with Crippen LogP contribution >= 0.6 is 0 Å². The largest absolute Gasteiger partial charge is 0.496 e. The van der Waals surface area contributed by atoms with Gasteiger partial charge >= 0.3 is 5.97 Å². The third kappa shape index (κ3) is 2.81. The fourth-order valence-electron chi connectivity index (χ4n) is 2.05. The summed E-state index contributed by atoms with van der Waals surface area (Å²) in [6.45, 7) is 1.81. The topological polar surface area (TPSA) is 59.4 Å². The van der Waals surface area contributed by atoms with Crippen LogP contribution in [0, 0.1) is 12.7 Å². The van der Waals surface area contributed by atoms with E-state index >= 15 is 0 Å². The summed E-state index contributed by atoms with van der Waals surface area (Å²) in [6, 6.07) is 4.41. The molecule has 0 atom stereocenters. The second kappa shape index (κ2) is 5.22. The number of aromatic nitrogens is 1. The average molecular weight is 263 g/mol. The molecule has 0 bridgehead atoms. The Morgan fingerprint density at radius 1 is 1.42 bits per heavy atom. The number of hydrogen-bond acceptors (Lipinski definition) is 3. The first-order valence-corrected chi connectivity index (χ1v) is 5.87. The van der Waals surface area contributed by atoms with Gasteiger partial charge in [0.1, 0.15) is 11.6 Å². The number of fused-ring (bicyclic) bond motifs is 1. The maximum absolute atomic E-state index is 13.6. The van der Waals surface area contributed by atoms with Crippen molar-refractivity contribution in [3.8, 4) is 5.75 Å². The lowest BCUT2D eigenvalue weighted by Crippen LogP contribution is -2.01. The Hall–Kier alpha value is -2.17. The van der Waals surface area contributed by atoms with Gasteiger partial charge < -0.3 is 9.84 Å². The predicted octanol–water partition coefficient (Wildman–Crippen LogP) is 2.71. The molecule has 19 heavy (non-hydrogen) atoms. The van der Waals surface area contributed by atoms with Crippen LogP contribution in [0.3, 0.4) is 0 Å². The molecular formula is C14H14FNO3. The van der Waals surface area contributed by atoms with Crippen LogP contribution in [0.25, 0.3) is 10.9 Å². The summed E-state index contributed by atoms with van der Waals surface area (Å²) in [7, 11) is 1.51.